The maximum Gasteiger partial charge on any atom is 0.235 e. The van der Waals surface area contributed by atoms with Gasteiger partial charge in [0.25, 0.3) is 0 Å². The first kappa shape index (κ1) is 17.0. The summed E-state index contributed by atoms with van der Waals surface area (Å²) < 4.78 is 10.9. The highest BCUT2D eigenvalue weighted by Gasteiger charge is 2.15. The van der Waals surface area contributed by atoms with E-state index in [9.17, 15) is 10.1 Å². The summed E-state index contributed by atoms with van der Waals surface area (Å²) >= 11 is 0. The van der Waals surface area contributed by atoms with Crippen LogP contribution >= 0.6 is 0 Å². The summed E-state index contributed by atoms with van der Waals surface area (Å²) in [6.45, 7) is 4.36. The first-order chi connectivity index (χ1) is 10.0. The molecule has 1 aromatic carbocycles. The van der Waals surface area contributed by atoms with E-state index in [4.69, 9.17) is 9.47 Å². The average molecular weight is 293 g/mol. The van der Waals surface area contributed by atoms with Crippen LogP contribution in [-0.4, -0.2) is 19.1 Å². The van der Waals surface area contributed by atoms with Gasteiger partial charge in [-0.05, 0) is 30.0 Å². The van der Waals surface area contributed by atoms with Crippen molar-refractivity contribution in [3.63, 3.8) is 0 Å². The lowest BCUT2D eigenvalue weighted by molar-refractivity contribution is -0.400. The third kappa shape index (κ3) is 5.10. The van der Waals surface area contributed by atoms with Crippen LogP contribution in [0.5, 0.6) is 11.5 Å². The van der Waals surface area contributed by atoms with Crippen molar-refractivity contribution < 1.29 is 14.4 Å². The smallest absolute Gasteiger partial charge is 0.235 e. The monoisotopic (exact) mass is 293 g/mol. The summed E-state index contributed by atoms with van der Waals surface area (Å²) in [5.41, 5.74) is 1.70. The number of nitrogens with zero attached hydrogens (tertiary/aromatic N) is 1. The molecule has 0 N–H and O–H groups in total. The molecule has 0 radical (unpaired) electrons. The first-order valence-electron chi connectivity index (χ1n) is 7.08. The van der Waals surface area contributed by atoms with Gasteiger partial charge in [-0.2, -0.15) is 0 Å². The van der Waals surface area contributed by atoms with Crippen LogP contribution in [0.1, 0.15) is 37.8 Å². The molecule has 0 heterocycles. The minimum atomic E-state index is -0.490. The van der Waals surface area contributed by atoms with Crippen LogP contribution in [-0.2, 0) is 6.42 Å². The molecule has 0 aliphatic heterocycles. The lowest BCUT2D eigenvalue weighted by Gasteiger charge is -2.17. The molecule has 1 aromatic rings. The van der Waals surface area contributed by atoms with Crippen molar-refractivity contribution in [2.75, 3.05) is 14.2 Å². The number of hydrogen-bond donors (Lipinski definition) is 0. The molecule has 5 heteroatoms. The largest absolute Gasteiger partial charge is 0.496 e. The van der Waals surface area contributed by atoms with E-state index >= 15 is 0 Å². The fourth-order valence-corrected chi connectivity index (χ4v) is 2.39. The molecule has 0 amide bonds. The lowest BCUT2D eigenvalue weighted by atomic mass is 9.94. The normalized spacial score (nSPS) is 12.4. The van der Waals surface area contributed by atoms with Crippen LogP contribution < -0.4 is 9.47 Å². The maximum atomic E-state index is 10.4. The second-order valence-corrected chi connectivity index (χ2v) is 5.10. The zero-order valence-corrected chi connectivity index (χ0v) is 13.1. The van der Waals surface area contributed by atoms with Gasteiger partial charge in [0.05, 0.1) is 19.1 Å². The third-order valence-corrected chi connectivity index (χ3v) is 3.35. The summed E-state index contributed by atoms with van der Waals surface area (Å²) in [6, 6.07) is 3.60. The first-order valence-corrected chi connectivity index (χ1v) is 7.08. The van der Waals surface area contributed by atoms with Crippen LogP contribution in [0, 0.1) is 16.0 Å². The van der Waals surface area contributed by atoms with E-state index in [1.807, 2.05) is 0 Å². The van der Waals surface area contributed by atoms with Crippen LogP contribution in [0.2, 0.25) is 0 Å². The van der Waals surface area contributed by atoms with E-state index in [1.165, 1.54) is 6.08 Å². The number of benzene rings is 1. The molecule has 0 saturated heterocycles. The molecular formula is C16H23NO4. The van der Waals surface area contributed by atoms with E-state index in [0.717, 1.165) is 31.0 Å². The Bertz CT molecular complexity index is 486. The van der Waals surface area contributed by atoms with Crippen LogP contribution in [0.15, 0.2) is 18.3 Å². The summed E-state index contributed by atoms with van der Waals surface area (Å²) in [4.78, 5) is 9.93. The summed E-state index contributed by atoms with van der Waals surface area (Å²) in [5.74, 6) is 1.94. The van der Waals surface area contributed by atoms with Gasteiger partial charge in [-0.15, -0.1) is 0 Å². The molecule has 0 bridgehead atoms. The van der Waals surface area contributed by atoms with E-state index in [1.54, 1.807) is 26.4 Å². The maximum absolute atomic E-state index is 10.4. The van der Waals surface area contributed by atoms with Crippen molar-refractivity contribution in [1.82, 2.24) is 0 Å². The van der Waals surface area contributed by atoms with Gasteiger partial charge in [-0.1, -0.05) is 26.7 Å². The van der Waals surface area contributed by atoms with Crippen LogP contribution in [0.3, 0.4) is 0 Å². The molecular weight excluding hydrogens is 270 g/mol. The predicted octanol–water partition coefficient (Wildman–Crippen LogP) is 3.93. The lowest BCUT2D eigenvalue weighted by Crippen LogP contribution is -2.04. The standard InChI is InChI=1S/C16H23NO4/c1-5-6-12(2)9-14-15(20-3)10-13(7-8-17(18)19)11-16(14)21-4/h7-8,10-12H,5-6,9H2,1-4H3/b8-7+. The van der Waals surface area contributed by atoms with Crippen molar-refractivity contribution in [2.45, 2.75) is 33.1 Å². The fourth-order valence-electron chi connectivity index (χ4n) is 2.39. The Kier molecular flexibility index (Phi) is 6.72. The molecule has 0 spiro atoms. The Balaban J connectivity index is 3.15. The highest BCUT2D eigenvalue weighted by atomic mass is 16.6. The SMILES string of the molecule is CCCC(C)Cc1c(OC)cc(/C=C/[N+](=O)[O-])cc1OC. The van der Waals surface area contributed by atoms with Gasteiger partial charge in [0.2, 0.25) is 6.20 Å². The number of ether oxygens (including phenoxy) is 2. The van der Waals surface area contributed by atoms with E-state index < -0.39 is 4.92 Å². The highest BCUT2D eigenvalue weighted by Crippen LogP contribution is 2.33. The third-order valence-electron chi connectivity index (χ3n) is 3.35. The number of hydrogen-bond acceptors (Lipinski definition) is 4. The zero-order valence-electron chi connectivity index (χ0n) is 13.1. The number of methoxy groups -OCH3 is 2. The highest BCUT2D eigenvalue weighted by molar-refractivity contribution is 5.58. The van der Waals surface area contributed by atoms with Crippen molar-refractivity contribution in [3.8, 4) is 11.5 Å². The summed E-state index contributed by atoms with van der Waals surface area (Å²) in [5, 5.41) is 10.4. The van der Waals surface area contributed by atoms with Crippen LogP contribution in [0.4, 0.5) is 0 Å². The van der Waals surface area contributed by atoms with Gasteiger partial charge in [0.1, 0.15) is 11.5 Å². The van der Waals surface area contributed by atoms with Gasteiger partial charge in [-0.3, -0.25) is 10.1 Å². The van der Waals surface area contributed by atoms with Gasteiger partial charge >= 0.3 is 0 Å². The van der Waals surface area contributed by atoms with Gasteiger partial charge in [-0.25, -0.2) is 0 Å². The Morgan fingerprint density at radius 3 is 2.29 bits per heavy atom. The average Bonchev–Trinajstić information content (AvgIpc) is 2.45. The molecule has 1 unspecified atom stereocenters. The molecule has 5 nitrogen and oxygen atoms in total. The Morgan fingerprint density at radius 2 is 1.86 bits per heavy atom. The Hall–Kier alpha value is -2.04. The molecule has 1 atom stereocenters. The second-order valence-electron chi connectivity index (χ2n) is 5.10. The summed E-state index contributed by atoms with van der Waals surface area (Å²) in [6.07, 6.45) is 5.47. The van der Waals surface area contributed by atoms with E-state index in [2.05, 4.69) is 13.8 Å². The quantitative estimate of drug-likeness (QED) is 0.538. The topological polar surface area (TPSA) is 61.6 Å². The molecule has 0 aliphatic carbocycles. The van der Waals surface area contributed by atoms with Crippen molar-refractivity contribution in [1.29, 1.82) is 0 Å². The molecule has 0 saturated carbocycles. The molecule has 1 rings (SSSR count). The molecule has 21 heavy (non-hydrogen) atoms. The van der Waals surface area contributed by atoms with E-state index in [-0.39, 0.29) is 0 Å². The molecule has 116 valence electrons. The fraction of sp³-hybridized carbons (Fsp3) is 0.500. The van der Waals surface area contributed by atoms with Gasteiger partial charge in [0.15, 0.2) is 0 Å². The van der Waals surface area contributed by atoms with E-state index in [0.29, 0.717) is 23.0 Å². The predicted molar refractivity (Wildman–Crippen MR) is 83.4 cm³/mol. The van der Waals surface area contributed by atoms with Gasteiger partial charge < -0.3 is 9.47 Å². The summed E-state index contributed by atoms with van der Waals surface area (Å²) in [7, 11) is 3.20. The van der Waals surface area contributed by atoms with Crippen molar-refractivity contribution in [3.05, 3.63) is 39.6 Å². The minimum absolute atomic E-state index is 0.490. The molecule has 0 aliphatic rings. The Labute approximate surface area is 125 Å². The molecule has 0 aromatic heterocycles. The number of nitro groups is 1. The van der Waals surface area contributed by atoms with Gasteiger partial charge in [0, 0.05) is 11.6 Å². The minimum Gasteiger partial charge on any atom is -0.496 e. The number of rotatable bonds is 8. The van der Waals surface area contributed by atoms with Crippen molar-refractivity contribution >= 4 is 6.08 Å². The second kappa shape index (κ2) is 8.29. The molecule has 0 fully saturated rings. The van der Waals surface area contributed by atoms with Crippen molar-refractivity contribution in [2.24, 2.45) is 5.92 Å². The van der Waals surface area contributed by atoms with Crippen LogP contribution in [0.25, 0.3) is 6.08 Å². The zero-order chi connectivity index (χ0) is 15.8. The Morgan fingerprint density at radius 1 is 1.29 bits per heavy atom.